The number of amides is 1. The molecule has 0 aliphatic rings. The first-order valence-corrected chi connectivity index (χ1v) is 6.32. The molecule has 19 heavy (non-hydrogen) atoms. The van der Waals surface area contributed by atoms with Gasteiger partial charge in [0.05, 0.1) is 13.2 Å². The molecular formula is C13H15ClN2O3. The quantitative estimate of drug-likeness (QED) is 0.772. The number of hydrogen-bond donors (Lipinski definition) is 3. The number of nitrogens with zero attached hydrogens (tertiary/aromatic N) is 1. The number of H-pyrrole nitrogens is 1. The number of aromatic amines is 1. The Morgan fingerprint density at radius 3 is 2.53 bits per heavy atom. The molecule has 2 rings (SSSR count). The molecule has 0 aliphatic carbocycles. The number of aliphatic hydroxyl groups excluding tert-OH is 2. The summed E-state index contributed by atoms with van der Waals surface area (Å²) in [5, 5.41) is 19.3. The van der Waals surface area contributed by atoms with Crippen molar-refractivity contribution in [2.24, 2.45) is 0 Å². The van der Waals surface area contributed by atoms with Gasteiger partial charge in [-0.2, -0.15) is 0 Å². The summed E-state index contributed by atoms with van der Waals surface area (Å²) >= 11 is 5.89. The third-order valence-corrected chi connectivity index (χ3v) is 3.08. The molecule has 0 radical (unpaired) electrons. The summed E-state index contributed by atoms with van der Waals surface area (Å²) in [5.41, 5.74) is 1.20. The number of carbonyl (C=O) groups is 1. The van der Waals surface area contributed by atoms with Gasteiger partial charge in [-0.15, -0.1) is 0 Å². The Balaban J connectivity index is 2.29. The molecule has 0 fully saturated rings. The summed E-state index contributed by atoms with van der Waals surface area (Å²) < 4.78 is 0. The molecule has 0 saturated carbocycles. The van der Waals surface area contributed by atoms with Gasteiger partial charge in [0.2, 0.25) is 0 Å². The molecule has 0 saturated heterocycles. The highest BCUT2D eigenvalue weighted by Crippen LogP contribution is 2.20. The molecule has 6 heteroatoms. The largest absolute Gasteiger partial charge is 0.395 e. The maximum atomic E-state index is 12.2. The van der Waals surface area contributed by atoms with Gasteiger partial charge in [0.25, 0.3) is 5.91 Å². The molecule has 1 aromatic carbocycles. The van der Waals surface area contributed by atoms with E-state index in [1.165, 1.54) is 4.90 Å². The van der Waals surface area contributed by atoms with Crippen LogP contribution in [-0.2, 0) is 0 Å². The lowest BCUT2D eigenvalue weighted by Crippen LogP contribution is -2.36. The van der Waals surface area contributed by atoms with Crippen LogP contribution >= 0.6 is 11.6 Å². The molecule has 1 heterocycles. The number of halogens is 1. The summed E-state index contributed by atoms with van der Waals surface area (Å²) in [6, 6.07) is 7.06. The SMILES string of the molecule is O=C(c1cc2ccc(Cl)cc2[nH]1)N(CCO)CCO. The summed E-state index contributed by atoms with van der Waals surface area (Å²) in [5.74, 6) is -0.254. The van der Waals surface area contributed by atoms with Crippen LogP contribution in [-0.4, -0.2) is 52.3 Å². The van der Waals surface area contributed by atoms with Crippen LogP contribution in [0.2, 0.25) is 5.02 Å². The fourth-order valence-corrected chi connectivity index (χ4v) is 2.11. The summed E-state index contributed by atoms with van der Waals surface area (Å²) in [6.07, 6.45) is 0. The van der Waals surface area contributed by atoms with Crippen LogP contribution < -0.4 is 0 Å². The zero-order valence-corrected chi connectivity index (χ0v) is 11.0. The van der Waals surface area contributed by atoms with Gasteiger partial charge in [-0.1, -0.05) is 17.7 Å². The minimum Gasteiger partial charge on any atom is -0.395 e. The molecule has 1 amide bonds. The average Bonchev–Trinajstić information content (AvgIpc) is 2.80. The van der Waals surface area contributed by atoms with E-state index in [2.05, 4.69) is 4.98 Å². The van der Waals surface area contributed by atoms with E-state index in [4.69, 9.17) is 21.8 Å². The first-order chi connectivity index (χ1) is 9.15. The molecule has 0 atom stereocenters. The lowest BCUT2D eigenvalue weighted by Gasteiger charge is -2.19. The second-order valence-corrected chi connectivity index (χ2v) is 4.59. The van der Waals surface area contributed by atoms with Gasteiger partial charge in [-0.25, -0.2) is 0 Å². The van der Waals surface area contributed by atoms with Crippen LogP contribution in [0.15, 0.2) is 24.3 Å². The van der Waals surface area contributed by atoms with E-state index in [0.717, 1.165) is 10.9 Å². The van der Waals surface area contributed by atoms with E-state index < -0.39 is 0 Å². The minimum atomic E-state index is -0.254. The summed E-state index contributed by atoms with van der Waals surface area (Å²) in [4.78, 5) is 16.6. The standard InChI is InChI=1S/C13H15ClN2O3/c14-10-2-1-9-7-12(15-11(9)8-10)13(19)16(3-5-17)4-6-18/h1-2,7-8,15,17-18H,3-6H2. The predicted octanol–water partition coefficient (Wildman–Crippen LogP) is 1.25. The third-order valence-electron chi connectivity index (χ3n) is 2.84. The number of nitrogens with one attached hydrogen (secondary N) is 1. The van der Waals surface area contributed by atoms with Gasteiger partial charge in [0.1, 0.15) is 5.69 Å². The molecule has 3 N–H and O–H groups in total. The normalized spacial score (nSPS) is 10.9. The molecule has 0 spiro atoms. The average molecular weight is 283 g/mol. The summed E-state index contributed by atoms with van der Waals surface area (Å²) in [6.45, 7) is 0.0978. The van der Waals surface area contributed by atoms with Crippen molar-refractivity contribution in [3.8, 4) is 0 Å². The monoisotopic (exact) mass is 282 g/mol. The smallest absolute Gasteiger partial charge is 0.270 e. The van der Waals surface area contributed by atoms with Crippen molar-refractivity contribution >= 4 is 28.4 Å². The van der Waals surface area contributed by atoms with E-state index in [1.54, 1.807) is 18.2 Å². The Kier molecular flexibility index (Phi) is 4.42. The van der Waals surface area contributed by atoms with Gasteiger partial charge in [-0.3, -0.25) is 4.79 Å². The third kappa shape index (κ3) is 3.07. The number of benzene rings is 1. The van der Waals surface area contributed by atoms with Gasteiger partial charge < -0.3 is 20.1 Å². The Bertz CT molecular complexity index is 576. The van der Waals surface area contributed by atoms with Crippen molar-refractivity contribution in [2.75, 3.05) is 26.3 Å². The topological polar surface area (TPSA) is 76.6 Å². The summed E-state index contributed by atoms with van der Waals surface area (Å²) in [7, 11) is 0. The Morgan fingerprint density at radius 2 is 1.89 bits per heavy atom. The van der Waals surface area contributed by atoms with Crippen LogP contribution in [0.5, 0.6) is 0 Å². The van der Waals surface area contributed by atoms with Gasteiger partial charge in [0, 0.05) is 29.0 Å². The van der Waals surface area contributed by atoms with Gasteiger partial charge >= 0.3 is 0 Å². The van der Waals surface area contributed by atoms with E-state index in [-0.39, 0.29) is 32.2 Å². The van der Waals surface area contributed by atoms with Crippen molar-refractivity contribution in [3.05, 3.63) is 35.0 Å². The molecule has 0 unspecified atom stereocenters. The van der Waals surface area contributed by atoms with Crippen molar-refractivity contribution in [3.63, 3.8) is 0 Å². The Morgan fingerprint density at radius 1 is 1.21 bits per heavy atom. The van der Waals surface area contributed by atoms with Crippen molar-refractivity contribution in [1.29, 1.82) is 0 Å². The molecule has 102 valence electrons. The molecule has 2 aromatic rings. The van der Waals surface area contributed by atoms with Crippen LogP contribution in [0.3, 0.4) is 0 Å². The zero-order valence-electron chi connectivity index (χ0n) is 10.3. The number of aliphatic hydroxyl groups is 2. The Hall–Kier alpha value is -1.56. The maximum absolute atomic E-state index is 12.2. The molecule has 0 bridgehead atoms. The second kappa shape index (κ2) is 6.06. The number of rotatable bonds is 5. The highest BCUT2D eigenvalue weighted by atomic mass is 35.5. The highest BCUT2D eigenvalue weighted by Gasteiger charge is 2.17. The first kappa shape index (κ1) is 13.9. The number of fused-ring (bicyclic) bond motifs is 1. The van der Waals surface area contributed by atoms with Crippen LogP contribution in [0, 0.1) is 0 Å². The maximum Gasteiger partial charge on any atom is 0.270 e. The fourth-order valence-electron chi connectivity index (χ4n) is 1.94. The van der Waals surface area contributed by atoms with Crippen LogP contribution in [0.1, 0.15) is 10.5 Å². The predicted molar refractivity (Wildman–Crippen MR) is 73.4 cm³/mol. The lowest BCUT2D eigenvalue weighted by molar-refractivity contribution is 0.0680. The molecule has 1 aromatic heterocycles. The van der Waals surface area contributed by atoms with Gasteiger partial charge in [0.15, 0.2) is 0 Å². The number of hydrogen-bond acceptors (Lipinski definition) is 3. The molecule has 0 aliphatic heterocycles. The molecule has 5 nitrogen and oxygen atoms in total. The van der Waals surface area contributed by atoms with E-state index >= 15 is 0 Å². The van der Waals surface area contributed by atoms with Crippen LogP contribution in [0.25, 0.3) is 10.9 Å². The number of aromatic nitrogens is 1. The van der Waals surface area contributed by atoms with Crippen molar-refractivity contribution < 1.29 is 15.0 Å². The van der Waals surface area contributed by atoms with Crippen LogP contribution in [0.4, 0.5) is 0 Å². The molecular weight excluding hydrogens is 268 g/mol. The zero-order chi connectivity index (χ0) is 13.8. The highest BCUT2D eigenvalue weighted by molar-refractivity contribution is 6.31. The second-order valence-electron chi connectivity index (χ2n) is 4.15. The minimum absolute atomic E-state index is 0.141. The van der Waals surface area contributed by atoms with E-state index in [1.807, 2.05) is 6.07 Å². The number of carbonyl (C=O) groups excluding carboxylic acids is 1. The van der Waals surface area contributed by atoms with E-state index in [9.17, 15) is 4.79 Å². The Labute approximate surface area is 115 Å². The van der Waals surface area contributed by atoms with Gasteiger partial charge in [-0.05, 0) is 18.2 Å². The van der Waals surface area contributed by atoms with Crippen molar-refractivity contribution in [1.82, 2.24) is 9.88 Å². The van der Waals surface area contributed by atoms with Crippen molar-refractivity contribution in [2.45, 2.75) is 0 Å². The lowest BCUT2D eigenvalue weighted by atomic mass is 10.2. The van der Waals surface area contributed by atoms with E-state index in [0.29, 0.717) is 10.7 Å². The fraction of sp³-hybridized carbons (Fsp3) is 0.308. The first-order valence-electron chi connectivity index (χ1n) is 5.95.